The third-order valence-electron chi connectivity index (χ3n) is 4.87. The van der Waals surface area contributed by atoms with Gasteiger partial charge >= 0.3 is 5.97 Å². The Morgan fingerprint density at radius 2 is 1.84 bits per heavy atom. The zero-order valence-corrected chi connectivity index (χ0v) is 17.9. The van der Waals surface area contributed by atoms with E-state index in [-0.39, 0.29) is 30.2 Å². The van der Waals surface area contributed by atoms with E-state index < -0.39 is 5.97 Å². The van der Waals surface area contributed by atoms with Crippen LogP contribution in [0, 0.1) is 0 Å². The molecule has 1 saturated heterocycles. The first kappa shape index (κ1) is 21.5. The molecule has 3 N–H and O–H groups in total. The number of halogens is 1. The molecule has 1 amide bonds. The standard InChI is InChI=1S/C22H21ClN6O3/c23-16-7-9-17(10-8-16)25-22-27-18(26-21(24)28-22)13-32-20(31)15-5-3-14(4-6-15)12-29-11-1-2-19(29)30/h3-10H,1-2,11-13H2,(H3,24,25,26,27,28). The predicted octanol–water partition coefficient (Wildman–Crippen LogP) is 3.33. The van der Waals surface area contributed by atoms with Gasteiger partial charge in [-0.05, 0) is 48.4 Å². The normalized spacial score (nSPS) is 13.3. The van der Waals surface area contributed by atoms with Gasteiger partial charge in [0.25, 0.3) is 0 Å². The fraction of sp³-hybridized carbons (Fsp3) is 0.227. The summed E-state index contributed by atoms with van der Waals surface area (Å²) in [6.45, 7) is 1.15. The van der Waals surface area contributed by atoms with Crippen LogP contribution in [0.5, 0.6) is 0 Å². The number of nitrogens with one attached hydrogen (secondary N) is 1. The van der Waals surface area contributed by atoms with E-state index >= 15 is 0 Å². The summed E-state index contributed by atoms with van der Waals surface area (Å²) in [6.07, 6.45) is 1.49. The fourth-order valence-electron chi connectivity index (χ4n) is 3.27. The van der Waals surface area contributed by atoms with Crippen LogP contribution in [0.15, 0.2) is 48.5 Å². The molecule has 0 radical (unpaired) electrons. The number of esters is 1. The Hall–Kier alpha value is -3.72. The van der Waals surface area contributed by atoms with E-state index in [0.29, 0.717) is 23.6 Å². The number of hydrogen-bond acceptors (Lipinski definition) is 8. The minimum atomic E-state index is -0.514. The summed E-state index contributed by atoms with van der Waals surface area (Å²) in [4.78, 5) is 38.3. The van der Waals surface area contributed by atoms with Crippen LogP contribution >= 0.6 is 11.6 Å². The number of nitrogen functional groups attached to an aromatic ring is 1. The van der Waals surface area contributed by atoms with E-state index in [1.807, 2.05) is 17.0 Å². The van der Waals surface area contributed by atoms with Crippen LogP contribution in [-0.2, 0) is 22.7 Å². The number of ether oxygens (including phenoxy) is 1. The van der Waals surface area contributed by atoms with E-state index in [1.54, 1.807) is 36.4 Å². The van der Waals surface area contributed by atoms with Crippen molar-refractivity contribution in [3.05, 3.63) is 70.5 Å². The Labute approximate surface area is 189 Å². The molecule has 0 bridgehead atoms. The highest BCUT2D eigenvalue weighted by Gasteiger charge is 2.20. The zero-order valence-electron chi connectivity index (χ0n) is 17.1. The number of carbonyl (C=O) groups is 2. The van der Waals surface area contributed by atoms with Gasteiger partial charge in [0.05, 0.1) is 5.56 Å². The zero-order chi connectivity index (χ0) is 22.5. The van der Waals surface area contributed by atoms with Crippen molar-refractivity contribution >= 4 is 41.1 Å². The maximum Gasteiger partial charge on any atom is 0.338 e. The molecule has 1 aliphatic rings. The highest BCUT2D eigenvalue weighted by atomic mass is 35.5. The van der Waals surface area contributed by atoms with Gasteiger partial charge in [0.15, 0.2) is 12.4 Å². The average molecular weight is 453 g/mol. The second kappa shape index (κ2) is 9.61. The molecule has 0 unspecified atom stereocenters. The van der Waals surface area contributed by atoms with Crippen LogP contribution < -0.4 is 11.1 Å². The molecule has 0 atom stereocenters. The second-order valence-electron chi connectivity index (χ2n) is 7.26. The van der Waals surface area contributed by atoms with Gasteiger partial charge in [-0.15, -0.1) is 0 Å². The van der Waals surface area contributed by atoms with Crippen molar-refractivity contribution in [2.75, 3.05) is 17.6 Å². The van der Waals surface area contributed by atoms with Gasteiger partial charge in [-0.1, -0.05) is 23.7 Å². The van der Waals surface area contributed by atoms with Crippen molar-refractivity contribution in [1.82, 2.24) is 19.9 Å². The third-order valence-corrected chi connectivity index (χ3v) is 5.12. The minimum Gasteiger partial charge on any atom is -0.454 e. The molecule has 9 nitrogen and oxygen atoms in total. The number of anilines is 3. The molecular weight excluding hydrogens is 432 g/mol. The topological polar surface area (TPSA) is 123 Å². The van der Waals surface area contributed by atoms with Gasteiger partial charge in [-0.25, -0.2) is 4.79 Å². The van der Waals surface area contributed by atoms with Crippen molar-refractivity contribution in [3.63, 3.8) is 0 Å². The van der Waals surface area contributed by atoms with Crippen molar-refractivity contribution in [3.8, 4) is 0 Å². The van der Waals surface area contributed by atoms with Crippen LogP contribution in [0.25, 0.3) is 0 Å². The minimum absolute atomic E-state index is 0.00308. The van der Waals surface area contributed by atoms with E-state index in [4.69, 9.17) is 22.1 Å². The molecule has 2 aromatic carbocycles. The molecule has 164 valence electrons. The third kappa shape index (κ3) is 5.50. The van der Waals surface area contributed by atoms with E-state index in [0.717, 1.165) is 24.2 Å². The first-order chi connectivity index (χ1) is 15.5. The monoisotopic (exact) mass is 452 g/mol. The maximum absolute atomic E-state index is 12.4. The Morgan fingerprint density at radius 1 is 1.09 bits per heavy atom. The molecule has 1 fully saturated rings. The molecule has 1 aliphatic heterocycles. The summed E-state index contributed by atoms with van der Waals surface area (Å²) in [6, 6.07) is 14.0. The Morgan fingerprint density at radius 3 is 2.53 bits per heavy atom. The number of nitrogens with zero attached hydrogens (tertiary/aromatic N) is 4. The SMILES string of the molecule is Nc1nc(COC(=O)c2ccc(CN3CCCC3=O)cc2)nc(Nc2ccc(Cl)cc2)n1. The molecule has 0 spiro atoms. The first-order valence-corrected chi connectivity index (χ1v) is 10.4. The van der Waals surface area contributed by atoms with Crippen LogP contribution in [0.2, 0.25) is 5.02 Å². The Bertz CT molecular complexity index is 1120. The van der Waals surface area contributed by atoms with Gasteiger partial charge in [0.2, 0.25) is 17.8 Å². The van der Waals surface area contributed by atoms with Gasteiger partial charge in [0.1, 0.15) is 0 Å². The average Bonchev–Trinajstić information content (AvgIpc) is 3.18. The number of hydrogen-bond donors (Lipinski definition) is 2. The molecule has 2 heterocycles. The van der Waals surface area contributed by atoms with Crippen LogP contribution in [-0.4, -0.2) is 38.3 Å². The molecule has 4 rings (SSSR count). The summed E-state index contributed by atoms with van der Waals surface area (Å²) in [5, 5.41) is 3.61. The van der Waals surface area contributed by atoms with E-state index in [9.17, 15) is 9.59 Å². The molecule has 0 saturated carbocycles. The summed E-state index contributed by atoms with van der Waals surface area (Å²) in [5.74, 6) is 0.0940. The van der Waals surface area contributed by atoms with Gasteiger partial charge < -0.3 is 20.7 Å². The van der Waals surface area contributed by atoms with Gasteiger partial charge in [0, 0.05) is 30.2 Å². The Kier molecular flexibility index (Phi) is 6.46. The number of benzene rings is 2. The first-order valence-electron chi connectivity index (χ1n) is 10.0. The van der Waals surface area contributed by atoms with Gasteiger partial charge in [-0.2, -0.15) is 15.0 Å². The summed E-state index contributed by atoms with van der Waals surface area (Å²) >= 11 is 5.89. The predicted molar refractivity (Wildman–Crippen MR) is 119 cm³/mol. The van der Waals surface area contributed by atoms with E-state index in [2.05, 4.69) is 20.3 Å². The molecule has 32 heavy (non-hydrogen) atoms. The molecule has 1 aromatic heterocycles. The quantitative estimate of drug-likeness (QED) is 0.523. The summed E-state index contributed by atoms with van der Waals surface area (Å²) < 4.78 is 5.32. The lowest BCUT2D eigenvalue weighted by Gasteiger charge is -2.15. The molecular formula is C22H21ClN6O3. The molecule has 0 aliphatic carbocycles. The number of likely N-dealkylation sites (tertiary alicyclic amines) is 1. The lowest BCUT2D eigenvalue weighted by molar-refractivity contribution is -0.128. The Balaban J connectivity index is 1.35. The highest BCUT2D eigenvalue weighted by Crippen LogP contribution is 2.18. The molecule has 3 aromatic rings. The summed E-state index contributed by atoms with van der Waals surface area (Å²) in [5.41, 5.74) is 7.83. The largest absolute Gasteiger partial charge is 0.454 e. The van der Waals surface area contributed by atoms with E-state index in [1.165, 1.54) is 0 Å². The summed E-state index contributed by atoms with van der Waals surface area (Å²) in [7, 11) is 0. The van der Waals surface area contributed by atoms with Crippen LogP contribution in [0.1, 0.15) is 34.6 Å². The lowest BCUT2D eigenvalue weighted by atomic mass is 10.1. The molecule has 10 heteroatoms. The second-order valence-corrected chi connectivity index (χ2v) is 7.69. The number of nitrogens with two attached hydrogens (primary N) is 1. The van der Waals surface area contributed by atoms with Gasteiger partial charge in [-0.3, -0.25) is 4.79 Å². The van der Waals surface area contributed by atoms with Crippen molar-refractivity contribution in [1.29, 1.82) is 0 Å². The fourth-order valence-corrected chi connectivity index (χ4v) is 3.40. The van der Waals surface area contributed by atoms with Crippen LogP contribution in [0.3, 0.4) is 0 Å². The smallest absolute Gasteiger partial charge is 0.338 e. The highest BCUT2D eigenvalue weighted by molar-refractivity contribution is 6.30. The number of carbonyl (C=O) groups excluding carboxylic acids is 2. The lowest BCUT2D eigenvalue weighted by Crippen LogP contribution is -2.23. The van der Waals surface area contributed by atoms with Crippen molar-refractivity contribution < 1.29 is 14.3 Å². The number of amides is 1. The van der Waals surface area contributed by atoms with Crippen molar-refractivity contribution in [2.45, 2.75) is 26.0 Å². The number of aromatic nitrogens is 3. The van der Waals surface area contributed by atoms with Crippen LogP contribution in [0.4, 0.5) is 17.6 Å². The number of rotatable bonds is 7. The maximum atomic E-state index is 12.4. The van der Waals surface area contributed by atoms with Crippen molar-refractivity contribution in [2.24, 2.45) is 0 Å².